The molecule has 29 nitrogen and oxygen atoms in total. The fourth-order valence-corrected chi connectivity index (χ4v) is 9.50. The van der Waals surface area contributed by atoms with Crippen molar-refractivity contribution in [1.82, 2.24) is 21.3 Å². The quantitative estimate of drug-likeness (QED) is 0.0188. The van der Waals surface area contributed by atoms with Gasteiger partial charge >= 0.3 is 0 Å². The van der Waals surface area contributed by atoms with Crippen molar-refractivity contribution in [3.63, 3.8) is 0 Å². The van der Waals surface area contributed by atoms with E-state index in [1.807, 2.05) is 0 Å². The van der Waals surface area contributed by atoms with Crippen LogP contribution in [0.1, 0.15) is 83.0 Å². The Labute approximate surface area is 450 Å². The molecule has 4 aliphatic rings. The molecule has 442 valence electrons. The lowest BCUT2D eigenvalue weighted by atomic mass is 9.93. The largest absolute Gasteiger partial charge is 0.726 e. The Morgan fingerprint density at radius 3 is 1.58 bits per heavy atom. The van der Waals surface area contributed by atoms with Gasteiger partial charge in [0.15, 0.2) is 25.2 Å². The second kappa shape index (κ2) is 30.5. The molecule has 13 N–H and O–H groups in total. The molecule has 0 radical (unpaired) electrons. The number of carbonyl (C=O) groups excluding carboxylic acids is 4. The monoisotopic (exact) mass is 1140 g/mol. The van der Waals surface area contributed by atoms with Crippen LogP contribution in [-0.4, -0.2) is 238 Å². The van der Waals surface area contributed by atoms with Crippen LogP contribution < -0.4 is 26.0 Å². The Bertz CT molecular complexity index is 2280. The van der Waals surface area contributed by atoms with Crippen molar-refractivity contribution in [1.29, 1.82) is 0 Å². The van der Waals surface area contributed by atoms with Gasteiger partial charge in [-0.1, -0.05) is 32.3 Å². The number of aliphatic hydroxyl groups excluding tert-OH is 9. The molecule has 4 saturated heterocycles. The number of rotatable bonds is 25. The van der Waals surface area contributed by atoms with Gasteiger partial charge in [0, 0.05) is 39.2 Å². The zero-order valence-corrected chi connectivity index (χ0v) is 44.1. The van der Waals surface area contributed by atoms with E-state index in [2.05, 4.69) is 44.2 Å². The van der Waals surface area contributed by atoms with E-state index in [4.69, 9.17) is 37.9 Å². The summed E-state index contributed by atoms with van der Waals surface area (Å²) in [4.78, 5) is 51.1. The van der Waals surface area contributed by atoms with Crippen molar-refractivity contribution in [2.45, 2.75) is 195 Å². The summed E-state index contributed by atoms with van der Waals surface area (Å²) in [5.74, 6) is 3.36. The lowest BCUT2D eigenvalue weighted by Gasteiger charge is -2.51. The molecule has 20 atom stereocenters. The maximum Gasteiger partial charge on any atom is 0.251 e. The summed E-state index contributed by atoms with van der Waals surface area (Å²) in [6.07, 6.45) is -23.2. The highest BCUT2D eigenvalue weighted by atomic mass is 32.3. The Morgan fingerprint density at radius 1 is 0.603 bits per heavy atom. The van der Waals surface area contributed by atoms with Crippen LogP contribution in [0.2, 0.25) is 0 Å². The highest BCUT2D eigenvalue weighted by molar-refractivity contribution is 7.80. The molecule has 0 aromatic heterocycles. The molecule has 10 unspecified atom stereocenters. The van der Waals surface area contributed by atoms with E-state index in [1.54, 1.807) is 12.1 Å². The summed E-state index contributed by atoms with van der Waals surface area (Å²) in [7, 11) is -5.41. The fourth-order valence-electron chi connectivity index (χ4n) is 9.20. The molecular weight excluding hydrogens is 1060 g/mol. The van der Waals surface area contributed by atoms with Crippen molar-refractivity contribution in [3.8, 4) is 17.6 Å². The second-order valence-electron chi connectivity index (χ2n) is 19.0. The van der Waals surface area contributed by atoms with Crippen molar-refractivity contribution in [2.75, 3.05) is 33.0 Å². The molecule has 4 heterocycles. The minimum atomic E-state index is -5.41. The van der Waals surface area contributed by atoms with Crippen molar-refractivity contribution in [3.05, 3.63) is 29.8 Å². The van der Waals surface area contributed by atoms with Gasteiger partial charge in [0.05, 0.1) is 33.0 Å². The van der Waals surface area contributed by atoms with E-state index in [0.29, 0.717) is 25.2 Å². The number of benzene rings is 1. The van der Waals surface area contributed by atoms with E-state index in [9.17, 15) is 78.1 Å². The SMILES string of the molecule is CCCCCCC#CCCCOc1cccc(C(=O)N[C@@H]2C(O[C@H]3C(O)C(NC(C)=O)C(OC4C(CO)O[C@@H](O[C@H]5C(O)C(NC(C)=O)C(O)O[C@H]5COS(=O)(=O)[O-])[C@@H](NC(C)=O)[C@H]4O)O[C@H]3CO)OC(CO)[C@@H](O)[C@@H]2O)c1. The molecule has 5 rings (SSSR count). The van der Waals surface area contributed by atoms with Gasteiger partial charge in [0.2, 0.25) is 28.1 Å². The van der Waals surface area contributed by atoms with E-state index < -0.39 is 183 Å². The molecule has 0 spiro atoms. The molecule has 4 fully saturated rings. The topological polar surface area (TPSA) is 439 Å². The van der Waals surface area contributed by atoms with Crippen LogP contribution in [0.4, 0.5) is 0 Å². The van der Waals surface area contributed by atoms with Gasteiger partial charge in [0.1, 0.15) is 103 Å². The third kappa shape index (κ3) is 17.8. The molecule has 30 heteroatoms. The zero-order valence-electron chi connectivity index (χ0n) is 43.3. The van der Waals surface area contributed by atoms with Gasteiger partial charge in [-0.05, 0) is 31.0 Å². The van der Waals surface area contributed by atoms with Crippen molar-refractivity contribution >= 4 is 34.0 Å². The van der Waals surface area contributed by atoms with Crippen LogP contribution in [0.25, 0.3) is 0 Å². The lowest BCUT2D eigenvalue weighted by Crippen LogP contribution is -2.71. The van der Waals surface area contributed by atoms with E-state index >= 15 is 0 Å². The minimum absolute atomic E-state index is 0.0426. The number of carbonyl (C=O) groups is 4. The molecule has 0 aliphatic carbocycles. The average molecular weight is 1140 g/mol. The first-order valence-electron chi connectivity index (χ1n) is 25.4. The molecule has 0 saturated carbocycles. The highest BCUT2D eigenvalue weighted by Crippen LogP contribution is 2.35. The van der Waals surface area contributed by atoms with Gasteiger partial charge in [-0.25, -0.2) is 8.42 Å². The normalized spacial score (nSPS) is 35.1. The van der Waals surface area contributed by atoms with E-state index in [0.717, 1.165) is 46.5 Å². The Balaban J connectivity index is 1.35. The molecule has 4 aliphatic heterocycles. The first-order chi connectivity index (χ1) is 37.0. The van der Waals surface area contributed by atoms with Crippen molar-refractivity contribution in [2.24, 2.45) is 0 Å². The summed E-state index contributed by atoms with van der Waals surface area (Å²) >= 11 is 0. The van der Waals surface area contributed by atoms with Crippen LogP contribution in [0, 0.1) is 11.8 Å². The van der Waals surface area contributed by atoms with Gasteiger partial charge in [-0.2, -0.15) is 0 Å². The maximum absolute atomic E-state index is 13.8. The molecule has 4 amide bonds. The molecule has 1 aromatic rings. The van der Waals surface area contributed by atoms with Crippen LogP contribution in [0.15, 0.2) is 24.3 Å². The molecule has 1 aromatic carbocycles. The average Bonchev–Trinajstić information content (AvgIpc) is 3.47. The van der Waals surface area contributed by atoms with Crippen molar-refractivity contribution < 1.29 is 120 Å². The summed E-state index contributed by atoms with van der Waals surface area (Å²) in [6, 6.07) is -0.788. The van der Waals surface area contributed by atoms with E-state index in [-0.39, 0.29) is 5.56 Å². The number of nitrogens with one attached hydrogen (secondary N) is 4. The van der Waals surface area contributed by atoms with Gasteiger partial charge < -0.3 is 110 Å². The number of ether oxygens (including phenoxy) is 8. The molecule has 78 heavy (non-hydrogen) atoms. The highest BCUT2D eigenvalue weighted by Gasteiger charge is 2.56. The predicted octanol–water partition coefficient (Wildman–Crippen LogP) is -5.26. The van der Waals surface area contributed by atoms with Crippen LogP contribution in [-0.2, 0) is 62.1 Å². The molecular formula is C48H73N4O25S-. The first-order valence-corrected chi connectivity index (χ1v) is 26.8. The number of amides is 4. The second-order valence-corrected chi connectivity index (χ2v) is 20.1. The third-order valence-electron chi connectivity index (χ3n) is 13.0. The minimum Gasteiger partial charge on any atom is -0.726 e. The maximum atomic E-state index is 13.8. The summed E-state index contributed by atoms with van der Waals surface area (Å²) in [6.45, 7) is 1.41. The molecule has 0 bridgehead atoms. The summed E-state index contributed by atoms with van der Waals surface area (Å²) < 4.78 is 85.6. The summed E-state index contributed by atoms with van der Waals surface area (Å²) in [5.41, 5.74) is 0.0426. The Hall–Kier alpha value is -4.31. The van der Waals surface area contributed by atoms with Crippen LogP contribution in [0.5, 0.6) is 5.75 Å². The summed E-state index contributed by atoms with van der Waals surface area (Å²) in [5, 5.41) is 109. The van der Waals surface area contributed by atoms with Gasteiger partial charge in [0.25, 0.3) is 5.91 Å². The number of aliphatic hydroxyl groups is 9. The first kappa shape index (κ1) is 64.5. The number of hydrogen-bond donors (Lipinski definition) is 13. The number of unbranched alkanes of at least 4 members (excludes halogenated alkanes) is 5. The number of hydrogen-bond acceptors (Lipinski definition) is 25. The standard InChI is InChI=1S/C48H74N4O25S/c1-5-6-7-8-9-10-11-12-13-17-69-27-16-14-15-26(18-27)44(64)52-33-37(60)36(59)28(19-53)72-46(33)75-41-29(20-54)73-47(34(39(41)62)50-24(3)57)76-42-30(21-55)74-48(35(40(42)63)51-25(4)58)77-43-31(22-70-78(66,67)68)71-45(65)32(38(43)61)49-23(2)56/h14-16,18,28-43,45-48,53-55,59-63,65H,5-9,12-13,17,19-22H2,1-4H3,(H,49,56)(H,50,57)(H,51,58)(H,52,64)(H,66,67,68)/p-1/t28?,29-,30?,31-,32?,33-,34?,35-,36+,37+,38?,39?,40+,41+,42?,43+,45?,46?,47?,48-/m0/s1. The van der Waals surface area contributed by atoms with Gasteiger partial charge in [-0.3, -0.25) is 23.4 Å². The van der Waals surface area contributed by atoms with Crippen LogP contribution in [0.3, 0.4) is 0 Å². The Morgan fingerprint density at radius 2 is 1.08 bits per heavy atom. The predicted molar refractivity (Wildman–Crippen MR) is 260 cm³/mol. The van der Waals surface area contributed by atoms with E-state index in [1.165, 1.54) is 18.6 Å². The fraction of sp³-hybridized carbons (Fsp3) is 0.750. The third-order valence-corrected chi connectivity index (χ3v) is 13.5. The van der Waals surface area contributed by atoms with Gasteiger partial charge in [-0.15, -0.1) is 11.8 Å². The smallest absolute Gasteiger partial charge is 0.251 e. The Kier molecular flexibility index (Phi) is 25.2. The lowest BCUT2D eigenvalue weighted by molar-refractivity contribution is -0.361. The zero-order chi connectivity index (χ0) is 57.4. The van der Waals surface area contributed by atoms with Crippen LogP contribution >= 0.6 is 0 Å².